The van der Waals surface area contributed by atoms with Gasteiger partial charge in [-0.3, -0.25) is 14.1 Å². The average Bonchev–Trinajstić information content (AvgIpc) is 3.37. The summed E-state index contributed by atoms with van der Waals surface area (Å²) in [4.78, 5) is 25.4. The maximum atomic E-state index is 12.7. The van der Waals surface area contributed by atoms with Crippen molar-refractivity contribution in [1.29, 1.82) is 0 Å². The second-order valence-electron chi connectivity index (χ2n) is 7.66. The minimum Gasteiger partial charge on any atom is -0.472 e. The van der Waals surface area contributed by atoms with Gasteiger partial charge >= 0.3 is 0 Å². The maximum Gasteiger partial charge on any atom is 0.274 e. The first-order valence-electron chi connectivity index (χ1n) is 9.76. The van der Waals surface area contributed by atoms with Gasteiger partial charge in [0.25, 0.3) is 5.91 Å². The van der Waals surface area contributed by atoms with Crippen LogP contribution in [0.15, 0.2) is 37.1 Å². The van der Waals surface area contributed by atoms with Gasteiger partial charge in [0, 0.05) is 44.0 Å². The van der Waals surface area contributed by atoms with Crippen LogP contribution in [0, 0.1) is 0 Å². The van der Waals surface area contributed by atoms with Gasteiger partial charge in [0.1, 0.15) is 18.1 Å². The zero-order valence-electron chi connectivity index (χ0n) is 16.9. The Hall–Kier alpha value is -3.07. The highest BCUT2D eigenvalue weighted by molar-refractivity contribution is 5.92. The average molecular weight is 395 g/mol. The van der Waals surface area contributed by atoms with Crippen LogP contribution in [0.3, 0.4) is 0 Å². The third-order valence-corrected chi connectivity index (χ3v) is 5.23. The third-order valence-electron chi connectivity index (χ3n) is 5.23. The number of carbonyl (C=O) groups is 1. The molecular formula is C20H25N7O2. The van der Waals surface area contributed by atoms with Crippen LogP contribution in [0.2, 0.25) is 0 Å². The van der Waals surface area contributed by atoms with E-state index in [9.17, 15) is 4.79 Å². The summed E-state index contributed by atoms with van der Waals surface area (Å²) in [5, 5.41) is 7.71. The molecule has 9 nitrogen and oxygen atoms in total. The molecule has 1 aliphatic rings. The molecule has 0 aliphatic carbocycles. The maximum absolute atomic E-state index is 12.7. The fourth-order valence-electron chi connectivity index (χ4n) is 3.23. The van der Waals surface area contributed by atoms with Crippen LogP contribution in [0.1, 0.15) is 36.3 Å². The molecule has 0 bridgehead atoms. The Balaban J connectivity index is 1.34. The number of hydrogen-bond donors (Lipinski definition) is 0. The lowest BCUT2D eigenvalue weighted by Gasteiger charge is -2.21. The molecule has 4 heterocycles. The van der Waals surface area contributed by atoms with Crippen LogP contribution in [-0.2, 0) is 6.54 Å². The lowest BCUT2D eigenvalue weighted by molar-refractivity contribution is 0.0765. The Morgan fingerprint density at radius 2 is 2.17 bits per heavy atom. The lowest BCUT2D eigenvalue weighted by atomic mass is 10.2. The molecule has 9 heteroatoms. The van der Waals surface area contributed by atoms with Crippen molar-refractivity contribution >= 4 is 11.6 Å². The molecule has 0 spiro atoms. The molecule has 3 aromatic heterocycles. The van der Waals surface area contributed by atoms with Crippen LogP contribution in [-0.4, -0.2) is 72.6 Å². The fourth-order valence-corrected chi connectivity index (χ4v) is 3.23. The van der Waals surface area contributed by atoms with E-state index in [1.54, 1.807) is 28.0 Å². The van der Waals surface area contributed by atoms with Crippen molar-refractivity contribution in [3.8, 4) is 5.88 Å². The number of pyridine rings is 1. The van der Waals surface area contributed by atoms with Crippen LogP contribution >= 0.6 is 0 Å². The molecule has 1 amide bonds. The van der Waals surface area contributed by atoms with Gasteiger partial charge in [-0.15, -0.1) is 10.2 Å². The molecule has 1 saturated heterocycles. The third kappa shape index (κ3) is 4.34. The molecule has 29 heavy (non-hydrogen) atoms. The van der Waals surface area contributed by atoms with Gasteiger partial charge in [-0.1, -0.05) is 6.07 Å². The number of carbonyl (C=O) groups excluding carboxylic acids is 1. The second-order valence-corrected chi connectivity index (χ2v) is 7.66. The van der Waals surface area contributed by atoms with E-state index in [1.807, 2.05) is 18.3 Å². The van der Waals surface area contributed by atoms with E-state index in [1.165, 1.54) is 0 Å². The van der Waals surface area contributed by atoms with E-state index in [0.717, 1.165) is 18.5 Å². The van der Waals surface area contributed by atoms with Gasteiger partial charge in [0.2, 0.25) is 5.88 Å². The van der Waals surface area contributed by atoms with E-state index in [2.05, 4.69) is 46.0 Å². The minimum atomic E-state index is -0.119. The number of hydrogen-bond acceptors (Lipinski definition) is 7. The Kier molecular flexibility index (Phi) is 5.39. The van der Waals surface area contributed by atoms with E-state index >= 15 is 0 Å². The van der Waals surface area contributed by atoms with Crippen molar-refractivity contribution in [2.45, 2.75) is 39.0 Å². The Morgan fingerprint density at radius 1 is 1.31 bits per heavy atom. The molecule has 3 aromatic rings. The summed E-state index contributed by atoms with van der Waals surface area (Å²) in [6.07, 6.45) is 7.30. The fraction of sp³-hybridized carbons (Fsp3) is 0.450. The van der Waals surface area contributed by atoms with E-state index in [-0.39, 0.29) is 12.0 Å². The van der Waals surface area contributed by atoms with Crippen LogP contribution in [0.25, 0.3) is 5.65 Å². The molecule has 1 unspecified atom stereocenters. The Morgan fingerprint density at radius 3 is 2.93 bits per heavy atom. The number of likely N-dealkylation sites (tertiary alicyclic amines) is 1. The van der Waals surface area contributed by atoms with Crippen LogP contribution < -0.4 is 4.74 Å². The van der Waals surface area contributed by atoms with Gasteiger partial charge in [-0.25, -0.2) is 9.97 Å². The smallest absolute Gasteiger partial charge is 0.274 e. The number of ether oxygens (including phenoxy) is 1. The molecule has 1 fully saturated rings. The molecule has 1 aliphatic heterocycles. The number of rotatable bonds is 6. The largest absolute Gasteiger partial charge is 0.472 e. The van der Waals surface area contributed by atoms with Crippen molar-refractivity contribution in [1.82, 2.24) is 34.4 Å². The highest BCUT2D eigenvalue weighted by atomic mass is 16.5. The monoisotopic (exact) mass is 395 g/mol. The van der Waals surface area contributed by atoms with Crippen LogP contribution in [0.5, 0.6) is 5.88 Å². The minimum absolute atomic E-state index is 0.0747. The summed E-state index contributed by atoms with van der Waals surface area (Å²) in [6, 6.07) is 4.42. The topological polar surface area (TPSA) is 88.8 Å². The number of fused-ring (bicyclic) bond motifs is 1. The second kappa shape index (κ2) is 8.12. The molecule has 0 aromatic carbocycles. The normalized spacial score (nSPS) is 16.9. The van der Waals surface area contributed by atoms with Gasteiger partial charge in [-0.05, 0) is 26.5 Å². The van der Waals surface area contributed by atoms with Gasteiger partial charge in [0.15, 0.2) is 5.65 Å². The van der Waals surface area contributed by atoms with Crippen molar-refractivity contribution in [2.24, 2.45) is 0 Å². The molecular weight excluding hydrogens is 370 g/mol. The summed E-state index contributed by atoms with van der Waals surface area (Å²) in [7, 11) is 2.09. The molecule has 152 valence electrons. The number of amides is 1. The van der Waals surface area contributed by atoms with Crippen LogP contribution in [0.4, 0.5) is 0 Å². The first-order chi connectivity index (χ1) is 14.0. The molecule has 0 saturated carbocycles. The number of aromatic nitrogens is 5. The molecule has 1 atom stereocenters. The lowest BCUT2D eigenvalue weighted by Crippen LogP contribution is -2.31. The predicted octanol–water partition coefficient (Wildman–Crippen LogP) is 1.65. The van der Waals surface area contributed by atoms with Gasteiger partial charge < -0.3 is 9.64 Å². The highest BCUT2D eigenvalue weighted by Crippen LogP contribution is 2.19. The standard InChI is InChI=1S/C20H25N7O2/c1-14(2)25(3)10-15-4-5-19(22-8-15)29-16-6-7-26(11-16)20(28)17-12-27-13-23-24-18(27)9-21-17/h4-5,8-9,12-14,16H,6-7,10-11H2,1-3H3. The Bertz CT molecular complexity index is 986. The van der Waals surface area contributed by atoms with E-state index in [4.69, 9.17) is 4.74 Å². The SMILES string of the molecule is CC(C)N(C)Cc1ccc(OC2CCN(C(=O)c3cn4cnnc4cn3)C2)nc1. The molecule has 0 N–H and O–H groups in total. The highest BCUT2D eigenvalue weighted by Gasteiger charge is 2.29. The summed E-state index contributed by atoms with van der Waals surface area (Å²) in [5.74, 6) is 0.469. The van der Waals surface area contributed by atoms with Crippen molar-refractivity contribution in [3.63, 3.8) is 0 Å². The molecule has 4 rings (SSSR count). The summed E-state index contributed by atoms with van der Waals surface area (Å²) in [6.45, 7) is 6.32. The Labute approximate surface area is 169 Å². The molecule has 0 radical (unpaired) electrons. The van der Waals surface area contributed by atoms with E-state index in [0.29, 0.717) is 36.4 Å². The van der Waals surface area contributed by atoms with Crippen molar-refractivity contribution in [2.75, 3.05) is 20.1 Å². The first-order valence-corrected chi connectivity index (χ1v) is 9.76. The zero-order chi connectivity index (χ0) is 20.4. The predicted molar refractivity (Wildman–Crippen MR) is 107 cm³/mol. The van der Waals surface area contributed by atoms with Crippen molar-refractivity contribution < 1.29 is 9.53 Å². The summed E-state index contributed by atoms with van der Waals surface area (Å²) >= 11 is 0. The van der Waals surface area contributed by atoms with Gasteiger partial charge in [-0.2, -0.15) is 0 Å². The first kappa shape index (κ1) is 19.3. The van der Waals surface area contributed by atoms with Crippen molar-refractivity contribution in [3.05, 3.63) is 48.3 Å². The van der Waals surface area contributed by atoms with E-state index < -0.39 is 0 Å². The van der Waals surface area contributed by atoms with Gasteiger partial charge in [0.05, 0.1) is 12.7 Å². The summed E-state index contributed by atoms with van der Waals surface area (Å²) < 4.78 is 7.68. The quantitative estimate of drug-likeness (QED) is 0.627. The number of nitrogens with zero attached hydrogens (tertiary/aromatic N) is 7. The summed E-state index contributed by atoms with van der Waals surface area (Å²) in [5.41, 5.74) is 2.13. The zero-order valence-corrected chi connectivity index (χ0v) is 16.9.